The van der Waals surface area contributed by atoms with E-state index in [1.165, 1.54) is 0 Å². The second-order valence-electron chi connectivity index (χ2n) is 6.56. The maximum Gasteiger partial charge on any atom is 0.253 e. The molecule has 2 aliphatic rings. The number of carbonyl (C=O) groups is 1. The van der Waals surface area contributed by atoms with Gasteiger partial charge < -0.3 is 16.0 Å². The summed E-state index contributed by atoms with van der Waals surface area (Å²) in [4.78, 5) is 23.3. The molecule has 130 valence electrons. The summed E-state index contributed by atoms with van der Waals surface area (Å²) in [5, 5.41) is 12.3. The SMILES string of the molecule is N#Cc1ccc(C(=O)N2CCC3(CC2)N=C(N)c2cnccc2N3)cc1. The van der Waals surface area contributed by atoms with Crippen LogP contribution in [0.5, 0.6) is 0 Å². The van der Waals surface area contributed by atoms with Gasteiger partial charge in [-0.2, -0.15) is 5.26 Å². The van der Waals surface area contributed by atoms with Crippen molar-refractivity contribution in [1.29, 1.82) is 5.26 Å². The number of anilines is 1. The largest absolute Gasteiger partial charge is 0.383 e. The summed E-state index contributed by atoms with van der Waals surface area (Å²) in [6.07, 6.45) is 4.79. The molecule has 0 saturated carbocycles. The van der Waals surface area contributed by atoms with Crippen molar-refractivity contribution in [2.45, 2.75) is 18.5 Å². The Morgan fingerprint density at radius 2 is 1.96 bits per heavy atom. The van der Waals surface area contributed by atoms with Gasteiger partial charge in [-0.1, -0.05) is 0 Å². The van der Waals surface area contributed by atoms with E-state index >= 15 is 0 Å². The molecule has 0 radical (unpaired) electrons. The average molecular weight is 346 g/mol. The van der Waals surface area contributed by atoms with Crippen LogP contribution < -0.4 is 11.1 Å². The first kappa shape index (κ1) is 16.1. The molecule has 1 amide bonds. The summed E-state index contributed by atoms with van der Waals surface area (Å²) in [6.45, 7) is 1.17. The number of likely N-dealkylation sites (tertiary alicyclic amines) is 1. The number of aromatic nitrogens is 1. The second-order valence-corrected chi connectivity index (χ2v) is 6.56. The van der Waals surface area contributed by atoms with Gasteiger partial charge in [-0.3, -0.25) is 9.78 Å². The van der Waals surface area contributed by atoms with Crippen LogP contribution in [0.4, 0.5) is 5.69 Å². The number of nitriles is 1. The summed E-state index contributed by atoms with van der Waals surface area (Å²) in [5.41, 5.74) is 8.54. The van der Waals surface area contributed by atoms with Crippen molar-refractivity contribution in [2.24, 2.45) is 10.7 Å². The number of hydrogen-bond donors (Lipinski definition) is 2. The van der Waals surface area contributed by atoms with Crippen LogP contribution in [0.25, 0.3) is 0 Å². The predicted octanol–water partition coefficient (Wildman–Crippen LogP) is 1.72. The Hall–Kier alpha value is -3.40. The van der Waals surface area contributed by atoms with Crippen molar-refractivity contribution in [3.63, 3.8) is 0 Å². The van der Waals surface area contributed by atoms with Gasteiger partial charge in [0.05, 0.1) is 22.9 Å². The zero-order chi connectivity index (χ0) is 18.1. The molecule has 2 aliphatic heterocycles. The van der Waals surface area contributed by atoms with E-state index in [1.807, 2.05) is 11.0 Å². The van der Waals surface area contributed by atoms with E-state index in [2.05, 4.69) is 21.4 Å². The third kappa shape index (κ3) is 2.75. The fourth-order valence-electron chi connectivity index (χ4n) is 3.46. The first-order valence-electron chi connectivity index (χ1n) is 8.48. The highest BCUT2D eigenvalue weighted by molar-refractivity contribution is 6.04. The van der Waals surface area contributed by atoms with Gasteiger partial charge in [-0.05, 0) is 30.3 Å². The van der Waals surface area contributed by atoms with Crippen molar-refractivity contribution >= 4 is 17.4 Å². The number of nitrogens with one attached hydrogen (secondary N) is 1. The van der Waals surface area contributed by atoms with Crippen LogP contribution >= 0.6 is 0 Å². The quantitative estimate of drug-likeness (QED) is 0.817. The first-order chi connectivity index (χ1) is 12.6. The number of carbonyl (C=O) groups excluding carboxylic acids is 1. The fraction of sp³-hybridized carbons (Fsp3) is 0.263. The highest BCUT2D eigenvalue weighted by Gasteiger charge is 2.38. The van der Waals surface area contributed by atoms with Crippen LogP contribution in [0, 0.1) is 11.3 Å². The maximum absolute atomic E-state index is 12.7. The first-order valence-corrected chi connectivity index (χ1v) is 8.48. The average Bonchev–Trinajstić information content (AvgIpc) is 2.68. The fourth-order valence-corrected chi connectivity index (χ4v) is 3.46. The van der Waals surface area contributed by atoms with Crippen LogP contribution in [-0.4, -0.2) is 40.4 Å². The number of aliphatic imine (C=N–C) groups is 1. The third-order valence-corrected chi connectivity index (χ3v) is 4.94. The minimum Gasteiger partial charge on any atom is -0.383 e. The standard InChI is InChI=1S/C19H18N6O/c20-11-13-1-3-14(4-2-13)18(26)25-9-6-19(7-10-25)23-16-5-8-22-12-15(16)17(21)24-19/h1-5,8,12,23H,6-7,9-10H2,(H2,21,24). The van der Waals surface area contributed by atoms with E-state index in [0.29, 0.717) is 42.9 Å². The second kappa shape index (κ2) is 6.15. The Bertz CT molecular complexity index is 920. The van der Waals surface area contributed by atoms with Gasteiger partial charge in [0.25, 0.3) is 5.91 Å². The number of amides is 1. The molecule has 26 heavy (non-hydrogen) atoms. The van der Waals surface area contributed by atoms with Crippen LogP contribution in [0.3, 0.4) is 0 Å². The molecular weight excluding hydrogens is 328 g/mol. The normalized spacial score (nSPS) is 17.7. The molecular formula is C19H18N6O. The van der Waals surface area contributed by atoms with E-state index in [9.17, 15) is 4.79 Å². The summed E-state index contributed by atoms with van der Waals surface area (Å²) < 4.78 is 0. The minimum atomic E-state index is -0.472. The van der Waals surface area contributed by atoms with Gasteiger partial charge in [0.1, 0.15) is 11.5 Å². The van der Waals surface area contributed by atoms with E-state index in [-0.39, 0.29) is 5.91 Å². The van der Waals surface area contributed by atoms with E-state index in [0.717, 1.165) is 11.3 Å². The molecule has 0 atom stereocenters. The molecule has 7 nitrogen and oxygen atoms in total. The van der Waals surface area contributed by atoms with Crippen molar-refractivity contribution in [1.82, 2.24) is 9.88 Å². The molecule has 0 unspecified atom stereocenters. The number of pyridine rings is 1. The highest BCUT2D eigenvalue weighted by Crippen LogP contribution is 2.33. The molecule has 4 rings (SSSR count). The summed E-state index contributed by atoms with van der Waals surface area (Å²) >= 11 is 0. The van der Waals surface area contributed by atoms with Crippen molar-refractivity contribution in [2.75, 3.05) is 18.4 Å². The zero-order valence-corrected chi connectivity index (χ0v) is 14.1. The third-order valence-electron chi connectivity index (χ3n) is 4.94. The van der Waals surface area contributed by atoms with Crippen LogP contribution in [0.15, 0.2) is 47.7 Å². The van der Waals surface area contributed by atoms with Crippen molar-refractivity contribution in [3.8, 4) is 6.07 Å². The lowest BCUT2D eigenvalue weighted by atomic mass is 9.93. The molecule has 1 aromatic heterocycles. The van der Waals surface area contributed by atoms with Gasteiger partial charge in [-0.15, -0.1) is 0 Å². The number of rotatable bonds is 1. The molecule has 3 heterocycles. The number of hydrogen-bond acceptors (Lipinski definition) is 6. The Balaban J connectivity index is 1.48. The van der Waals surface area contributed by atoms with E-state index in [1.54, 1.807) is 36.7 Å². The Morgan fingerprint density at radius 3 is 2.65 bits per heavy atom. The molecule has 3 N–H and O–H groups in total. The zero-order valence-electron chi connectivity index (χ0n) is 14.1. The number of amidine groups is 1. The Morgan fingerprint density at radius 1 is 1.23 bits per heavy atom. The van der Waals surface area contributed by atoms with Crippen LogP contribution in [-0.2, 0) is 0 Å². The number of piperidine rings is 1. The monoisotopic (exact) mass is 346 g/mol. The topological polar surface area (TPSA) is 107 Å². The van der Waals surface area contributed by atoms with Crippen LogP contribution in [0.2, 0.25) is 0 Å². The van der Waals surface area contributed by atoms with Gasteiger partial charge in [-0.25, -0.2) is 4.99 Å². The van der Waals surface area contributed by atoms with Crippen LogP contribution in [0.1, 0.15) is 34.3 Å². The molecule has 0 bridgehead atoms. The minimum absolute atomic E-state index is 0.0262. The predicted molar refractivity (Wildman–Crippen MR) is 97.6 cm³/mol. The number of fused-ring (bicyclic) bond motifs is 1. The van der Waals surface area contributed by atoms with E-state index in [4.69, 9.17) is 11.0 Å². The van der Waals surface area contributed by atoms with E-state index < -0.39 is 5.66 Å². The smallest absolute Gasteiger partial charge is 0.253 e. The number of nitrogens with zero attached hydrogens (tertiary/aromatic N) is 4. The molecule has 1 spiro atoms. The summed E-state index contributed by atoms with van der Waals surface area (Å²) in [7, 11) is 0. The molecule has 0 aliphatic carbocycles. The molecule has 7 heteroatoms. The van der Waals surface area contributed by atoms with Gasteiger partial charge >= 0.3 is 0 Å². The van der Waals surface area contributed by atoms with Crippen molar-refractivity contribution in [3.05, 3.63) is 59.4 Å². The van der Waals surface area contributed by atoms with Gasteiger partial charge in [0, 0.05) is 43.9 Å². The van der Waals surface area contributed by atoms with Crippen molar-refractivity contribution < 1.29 is 4.79 Å². The van der Waals surface area contributed by atoms with Gasteiger partial charge in [0.15, 0.2) is 0 Å². The van der Waals surface area contributed by atoms with Gasteiger partial charge in [0.2, 0.25) is 0 Å². The molecule has 1 fully saturated rings. The lowest BCUT2D eigenvalue weighted by Gasteiger charge is -2.42. The summed E-state index contributed by atoms with van der Waals surface area (Å²) in [5.74, 6) is 0.459. The Labute approximate surface area is 151 Å². The lowest BCUT2D eigenvalue weighted by Crippen LogP contribution is -2.52. The maximum atomic E-state index is 12.7. The summed E-state index contributed by atoms with van der Waals surface area (Å²) in [6, 6.07) is 10.7. The Kier molecular flexibility index (Phi) is 3.81. The lowest BCUT2D eigenvalue weighted by molar-refractivity contribution is 0.0685. The molecule has 1 aromatic carbocycles. The number of benzene rings is 1. The number of nitrogens with two attached hydrogens (primary N) is 1. The molecule has 2 aromatic rings. The molecule has 1 saturated heterocycles. The highest BCUT2D eigenvalue weighted by atomic mass is 16.2.